The van der Waals surface area contributed by atoms with Crippen LogP contribution in [0.15, 0.2) is 46.2 Å². The summed E-state index contributed by atoms with van der Waals surface area (Å²) in [5.74, 6) is 0.778. The third kappa shape index (κ3) is 4.04. The second-order valence-corrected chi connectivity index (χ2v) is 5.91. The Morgan fingerprint density at radius 1 is 1.08 bits per heavy atom. The molecule has 0 saturated heterocycles. The minimum absolute atomic E-state index is 0.0175. The number of hydrogen-bond donors (Lipinski definition) is 0. The normalized spacial score (nSPS) is 11.7. The van der Waals surface area contributed by atoms with Crippen LogP contribution in [-0.4, -0.2) is 20.1 Å². The third-order valence-corrected chi connectivity index (χ3v) is 3.92. The van der Waals surface area contributed by atoms with Gasteiger partial charge in [-0.1, -0.05) is 28.5 Å². The second-order valence-electron chi connectivity index (χ2n) is 4.53. The molecule has 0 unspecified atom stereocenters. The molecule has 124 valence electrons. The number of halogens is 4. The van der Waals surface area contributed by atoms with Crippen molar-refractivity contribution in [1.82, 2.24) is 20.1 Å². The summed E-state index contributed by atoms with van der Waals surface area (Å²) in [6.07, 6.45) is -3.45. The van der Waals surface area contributed by atoms with Crippen molar-refractivity contribution < 1.29 is 17.7 Å². The predicted molar refractivity (Wildman–Crippen MR) is 81.3 cm³/mol. The maximum absolute atomic E-state index is 12.6. The fraction of sp³-hybridized carbons (Fsp3) is 0.143. The topological polar surface area (TPSA) is 64.7 Å². The molecule has 0 spiro atoms. The Balaban J connectivity index is 1.69. The molecule has 2 aromatic heterocycles. The largest absolute Gasteiger partial charge is 0.433 e. The summed E-state index contributed by atoms with van der Waals surface area (Å²) in [6.45, 7) is 0. The Kier molecular flexibility index (Phi) is 4.72. The molecule has 0 aliphatic rings. The van der Waals surface area contributed by atoms with Crippen LogP contribution in [0, 0.1) is 0 Å². The van der Waals surface area contributed by atoms with Gasteiger partial charge in [0.1, 0.15) is 5.69 Å². The molecule has 24 heavy (non-hydrogen) atoms. The van der Waals surface area contributed by atoms with E-state index in [2.05, 4.69) is 20.1 Å². The fourth-order valence-corrected chi connectivity index (χ4v) is 2.52. The monoisotopic (exact) mass is 372 g/mol. The lowest BCUT2D eigenvalue weighted by Crippen LogP contribution is -2.08. The van der Waals surface area contributed by atoms with Crippen LogP contribution in [0.3, 0.4) is 0 Å². The molecule has 0 fully saturated rings. The van der Waals surface area contributed by atoms with E-state index in [1.807, 2.05) is 0 Å². The number of benzene rings is 1. The van der Waals surface area contributed by atoms with Gasteiger partial charge >= 0.3 is 6.18 Å². The number of rotatable bonds is 4. The zero-order valence-electron chi connectivity index (χ0n) is 11.8. The first-order chi connectivity index (χ1) is 11.4. The molecule has 10 heteroatoms. The molecular formula is C14H8ClF3N4OS. The van der Waals surface area contributed by atoms with Crippen molar-refractivity contribution in [3.05, 3.63) is 53.1 Å². The van der Waals surface area contributed by atoms with E-state index in [-0.39, 0.29) is 16.8 Å². The Hall–Kier alpha value is -2.13. The lowest BCUT2D eigenvalue weighted by atomic mass is 10.2. The predicted octanol–water partition coefficient (Wildman–Crippen LogP) is 4.49. The van der Waals surface area contributed by atoms with Gasteiger partial charge in [-0.2, -0.15) is 18.2 Å². The Morgan fingerprint density at radius 3 is 2.54 bits per heavy atom. The van der Waals surface area contributed by atoms with E-state index in [1.54, 1.807) is 24.3 Å². The second kappa shape index (κ2) is 6.78. The Labute approximate surface area is 143 Å². The van der Waals surface area contributed by atoms with Crippen LogP contribution < -0.4 is 0 Å². The molecule has 5 nitrogen and oxygen atoms in total. The van der Waals surface area contributed by atoms with Gasteiger partial charge < -0.3 is 4.52 Å². The van der Waals surface area contributed by atoms with Crippen molar-refractivity contribution in [3.63, 3.8) is 0 Å². The van der Waals surface area contributed by atoms with E-state index in [1.165, 1.54) is 0 Å². The van der Waals surface area contributed by atoms with Crippen LogP contribution in [-0.2, 0) is 11.9 Å². The van der Waals surface area contributed by atoms with Gasteiger partial charge in [-0.05, 0) is 30.3 Å². The van der Waals surface area contributed by atoms with Gasteiger partial charge in [-0.25, -0.2) is 9.97 Å². The van der Waals surface area contributed by atoms with E-state index in [9.17, 15) is 13.2 Å². The maximum atomic E-state index is 12.6. The van der Waals surface area contributed by atoms with E-state index >= 15 is 0 Å². The van der Waals surface area contributed by atoms with Crippen molar-refractivity contribution in [2.24, 2.45) is 0 Å². The Morgan fingerprint density at radius 2 is 1.83 bits per heavy atom. The number of aromatic nitrogens is 4. The molecule has 0 amide bonds. The highest BCUT2D eigenvalue weighted by atomic mass is 35.5. The lowest BCUT2D eigenvalue weighted by molar-refractivity contribution is -0.141. The summed E-state index contributed by atoms with van der Waals surface area (Å²) < 4.78 is 42.9. The standard InChI is InChI=1S/C14H8ClF3N4OS/c15-9-3-1-8(2-4-9)12-21-11(23-22-12)7-24-13-19-6-5-10(20-13)14(16,17)18/h1-6H,7H2. The fourth-order valence-electron chi connectivity index (χ4n) is 1.72. The highest BCUT2D eigenvalue weighted by Gasteiger charge is 2.32. The maximum Gasteiger partial charge on any atom is 0.433 e. The summed E-state index contributed by atoms with van der Waals surface area (Å²) in [4.78, 5) is 11.4. The summed E-state index contributed by atoms with van der Waals surface area (Å²) in [7, 11) is 0. The van der Waals surface area contributed by atoms with Gasteiger partial charge in [0.15, 0.2) is 5.16 Å². The minimum Gasteiger partial charge on any atom is -0.338 e. The lowest BCUT2D eigenvalue weighted by Gasteiger charge is -2.05. The number of hydrogen-bond acceptors (Lipinski definition) is 6. The van der Waals surface area contributed by atoms with Crippen LogP contribution in [0.1, 0.15) is 11.6 Å². The summed E-state index contributed by atoms with van der Waals surface area (Å²) in [5, 5.41) is 4.39. The third-order valence-electron chi connectivity index (χ3n) is 2.82. The van der Waals surface area contributed by atoms with Crippen LogP contribution in [0.2, 0.25) is 5.02 Å². The van der Waals surface area contributed by atoms with E-state index in [4.69, 9.17) is 16.1 Å². The van der Waals surface area contributed by atoms with Crippen LogP contribution in [0.5, 0.6) is 0 Å². The molecule has 0 atom stereocenters. The van der Waals surface area contributed by atoms with E-state index in [0.29, 0.717) is 10.8 Å². The summed E-state index contributed by atoms with van der Waals surface area (Å²) >= 11 is 6.78. The smallest absolute Gasteiger partial charge is 0.338 e. The van der Waals surface area contributed by atoms with Gasteiger partial charge in [0.2, 0.25) is 11.7 Å². The summed E-state index contributed by atoms with van der Waals surface area (Å²) in [6, 6.07) is 7.67. The SMILES string of the molecule is FC(F)(F)c1ccnc(SCc2nc(-c3ccc(Cl)cc3)no2)n1. The van der Waals surface area contributed by atoms with Crippen molar-refractivity contribution in [2.75, 3.05) is 0 Å². The minimum atomic E-state index is -4.51. The zero-order chi connectivity index (χ0) is 17.2. The molecule has 3 aromatic rings. The highest BCUT2D eigenvalue weighted by molar-refractivity contribution is 7.98. The molecule has 0 bridgehead atoms. The van der Waals surface area contributed by atoms with E-state index < -0.39 is 11.9 Å². The molecule has 0 saturated carbocycles. The van der Waals surface area contributed by atoms with Gasteiger partial charge in [0.05, 0.1) is 5.75 Å². The van der Waals surface area contributed by atoms with Gasteiger partial charge in [-0.3, -0.25) is 0 Å². The molecule has 0 aliphatic heterocycles. The van der Waals surface area contributed by atoms with Crippen LogP contribution in [0.25, 0.3) is 11.4 Å². The zero-order valence-corrected chi connectivity index (χ0v) is 13.4. The first kappa shape index (κ1) is 16.7. The van der Waals surface area contributed by atoms with Crippen molar-refractivity contribution in [2.45, 2.75) is 17.1 Å². The van der Waals surface area contributed by atoms with E-state index in [0.717, 1.165) is 29.6 Å². The highest BCUT2D eigenvalue weighted by Crippen LogP contribution is 2.29. The number of thioether (sulfide) groups is 1. The average Bonchev–Trinajstić information content (AvgIpc) is 3.02. The molecule has 0 N–H and O–H groups in total. The first-order valence-electron chi connectivity index (χ1n) is 6.53. The number of alkyl halides is 3. The molecule has 1 aromatic carbocycles. The van der Waals surface area contributed by atoms with Crippen LogP contribution >= 0.6 is 23.4 Å². The first-order valence-corrected chi connectivity index (χ1v) is 7.90. The van der Waals surface area contributed by atoms with Gasteiger partial charge in [0, 0.05) is 16.8 Å². The Bertz CT molecular complexity index is 839. The molecule has 2 heterocycles. The average molecular weight is 373 g/mol. The molecule has 0 radical (unpaired) electrons. The van der Waals surface area contributed by atoms with Crippen LogP contribution in [0.4, 0.5) is 13.2 Å². The van der Waals surface area contributed by atoms with Crippen molar-refractivity contribution >= 4 is 23.4 Å². The molecular weight excluding hydrogens is 365 g/mol. The molecule has 3 rings (SSSR count). The quantitative estimate of drug-likeness (QED) is 0.496. The van der Waals surface area contributed by atoms with Gasteiger partial charge in [-0.15, -0.1) is 0 Å². The number of nitrogens with zero attached hydrogens (tertiary/aromatic N) is 4. The molecule has 0 aliphatic carbocycles. The summed E-state index contributed by atoms with van der Waals surface area (Å²) in [5.41, 5.74) is -0.276. The van der Waals surface area contributed by atoms with Crippen molar-refractivity contribution in [1.29, 1.82) is 0 Å². The van der Waals surface area contributed by atoms with Crippen molar-refractivity contribution in [3.8, 4) is 11.4 Å². The van der Waals surface area contributed by atoms with Gasteiger partial charge in [0.25, 0.3) is 0 Å².